The summed E-state index contributed by atoms with van der Waals surface area (Å²) in [5.74, 6) is 0. The van der Waals surface area contributed by atoms with Gasteiger partial charge in [-0.1, -0.05) is 11.3 Å². The highest BCUT2D eigenvalue weighted by atomic mass is 16.3. The Morgan fingerprint density at radius 3 is 2.95 bits per heavy atom. The van der Waals surface area contributed by atoms with Crippen molar-refractivity contribution in [3.8, 4) is 0 Å². The third kappa shape index (κ3) is 4.42. The molecule has 2 heterocycles. The summed E-state index contributed by atoms with van der Waals surface area (Å²) in [6.07, 6.45) is 4.47. The summed E-state index contributed by atoms with van der Waals surface area (Å²) in [6.45, 7) is 4.28. The van der Waals surface area contributed by atoms with Crippen LogP contribution in [-0.2, 0) is 19.6 Å². The molecule has 6 heteroatoms. The van der Waals surface area contributed by atoms with Crippen molar-refractivity contribution in [1.29, 1.82) is 0 Å². The molecule has 0 aliphatic carbocycles. The van der Waals surface area contributed by atoms with Crippen LogP contribution in [0, 0.1) is 6.92 Å². The molecule has 2 N–H and O–H groups in total. The van der Waals surface area contributed by atoms with Gasteiger partial charge in [-0.2, -0.15) is 0 Å². The number of aliphatic hydroxyl groups is 1. The number of hydrogen-bond donors (Lipinski definition) is 2. The van der Waals surface area contributed by atoms with Crippen LogP contribution in [0.1, 0.15) is 23.4 Å². The number of nitrogens with zero attached hydrogens (tertiary/aromatic N) is 4. The number of nitrogens with one attached hydrogen (secondary N) is 1. The third-order valence-corrected chi connectivity index (χ3v) is 2.74. The second-order valence-corrected chi connectivity index (χ2v) is 4.46. The summed E-state index contributed by atoms with van der Waals surface area (Å²) in [6, 6.07) is 4.07. The Hall–Kier alpha value is -1.79. The van der Waals surface area contributed by atoms with Crippen LogP contribution in [0.15, 0.2) is 24.5 Å². The van der Waals surface area contributed by atoms with Crippen LogP contribution in [0.3, 0.4) is 0 Å². The van der Waals surface area contributed by atoms with Gasteiger partial charge < -0.3 is 10.4 Å². The molecule has 0 aromatic carbocycles. The SMILES string of the molecule is Cc1ccc(CNCc2cn(CCCO)nn2)cn1. The maximum Gasteiger partial charge on any atom is 0.0964 e. The Morgan fingerprint density at radius 2 is 2.21 bits per heavy atom. The fourth-order valence-electron chi connectivity index (χ4n) is 1.70. The maximum atomic E-state index is 8.74. The zero-order chi connectivity index (χ0) is 13.5. The highest BCUT2D eigenvalue weighted by Crippen LogP contribution is 2.00. The van der Waals surface area contributed by atoms with E-state index in [9.17, 15) is 0 Å². The van der Waals surface area contributed by atoms with Crippen LogP contribution in [0.2, 0.25) is 0 Å². The van der Waals surface area contributed by atoms with E-state index in [2.05, 4.69) is 26.7 Å². The molecule has 6 nitrogen and oxygen atoms in total. The van der Waals surface area contributed by atoms with E-state index >= 15 is 0 Å². The first-order valence-corrected chi connectivity index (χ1v) is 6.40. The molecule has 0 atom stereocenters. The quantitative estimate of drug-likeness (QED) is 0.765. The van der Waals surface area contributed by atoms with Gasteiger partial charge in [-0.15, -0.1) is 5.10 Å². The normalized spacial score (nSPS) is 10.8. The average Bonchev–Trinajstić information content (AvgIpc) is 2.87. The molecule has 0 saturated heterocycles. The predicted octanol–water partition coefficient (Wildman–Crippen LogP) is 0.654. The first-order chi connectivity index (χ1) is 9.28. The molecule has 0 bridgehead atoms. The van der Waals surface area contributed by atoms with E-state index in [1.54, 1.807) is 4.68 Å². The molecule has 0 saturated carbocycles. The summed E-state index contributed by atoms with van der Waals surface area (Å²) < 4.78 is 1.75. The lowest BCUT2D eigenvalue weighted by Crippen LogP contribution is -2.13. The number of rotatable bonds is 7. The Labute approximate surface area is 112 Å². The highest BCUT2D eigenvalue weighted by molar-refractivity contribution is 5.12. The number of aromatic nitrogens is 4. The average molecular weight is 261 g/mol. The van der Waals surface area contributed by atoms with Gasteiger partial charge in [-0.05, 0) is 25.0 Å². The molecule has 2 aromatic rings. The monoisotopic (exact) mass is 261 g/mol. The zero-order valence-electron chi connectivity index (χ0n) is 11.1. The molecule has 0 aliphatic rings. The second kappa shape index (κ2) is 6.96. The van der Waals surface area contributed by atoms with Crippen molar-refractivity contribution in [3.63, 3.8) is 0 Å². The van der Waals surface area contributed by atoms with Crippen molar-refractivity contribution in [3.05, 3.63) is 41.5 Å². The standard InChI is InChI=1S/C13H19N5O/c1-11-3-4-12(8-15-11)7-14-9-13-10-18(17-16-13)5-2-6-19/h3-4,8,10,14,19H,2,5-7,9H2,1H3. The number of hydrogen-bond acceptors (Lipinski definition) is 5. The summed E-state index contributed by atoms with van der Waals surface area (Å²) >= 11 is 0. The molecule has 2 aromatic heterocycles. The molecule has 19 heavy (non-hydrogen) atoms. The summed E-state index contributed by atoms with van der Waals surface area (Å²) in [5, 5.41) is 20.1. The third-order valence-electron chi connectivity index (χ3n) is 2.74. The lowest BCUT2D eigenvalue weighted by atomic mass is 10.2. The molecule has 0 fully saturated rings. The van der Waals surface area contributed by atoms with Crippen LogP contribution in [0.5, 0.6) is 0 Å². The minimum atomic E-state index is 0.174. The highest BCUT2D eigenvalue weighted by Gasteiger charge is 2.00. The van der Waals surface area contributed by atoms with Crippen LogP contribution in [0.25, 0.3) is 0 Å². The van der Waals surface area contributed by atoms with Crippen LogP contribution >= 0.6 is 0 Å². The van der Waals surface area contributed by atoms with Crippen molar-refractivity contribution < 1.29 is 5.11 Å². The van der Waals surface area contributed by atoms with E-state index in [1.807, 2.05) is 25.4 Å². The second-order valence-electron chi connectivity index (χ2n) is 4.46. The molecule has 0 radical (unpaired) electrons. The number of pyridine rings is 1. The van der Waals surface area contributed by atoms with Gasteiger partial charge >= 0.3 is 0 Å². The minimum Gasteiger partial charge on any atom is -0.396 e. The van der Waals surface area contributed by atoms with Gasteiger partial charge in [0.2, 0.25) is 0 Å². The molecular formula is C13H19N5O. The van der Waals surface area contributed by atoms with Crippen molar-refractivity contribution in [1.82, 2.24) is 25.3 Å². The Bertz CT molecular complexity index is 494. The first-order valence-electron chi connectivity index (χ1n) is 6.40. The molecule has 0 amide bonds. The van der Waals surface area contributed by atoms with Gasteiger partial charge in [0.05, 0.1) is 5.69 Å². The molecule has 0 aliphatic heterocycles. The number of aliphatic hydroxyl groups excluding tert-OH is 1. The predicted molar refractivity (Wildman–Crippen MR) is 71.2 cm³/mol. The van der Waals surface area contributed by atoms with Crippen LogP contribution < -0.4 is 5.32 Å². The zero-order valence-corrected chi connectivity index (χ0v) is 11.1. The smallest absolute Gasteiger partial charge is 0.0964 e. The maximum absolute atomic E-state index is 8.74. The topological polar surface area (TPSA) is 75.9 Å². The van der Waals surface area contributed by atoms with Gasteiger partial charge in [0.1, 0.15) is 0 Å². The molecular weight excluding hydrogens is 242 g/mol. The number of aryl methyl sites for hydroxylation is 2. The van der Waals surface area contributed by atoms with Crippen LogP contribution in [-0.4, -0.2) is 31.7 Å². The summed E-state index contributed by atoms with van der Waals surface area (Å²) in [5.41, 5.74) is 3.08. The van der Waals surface area contributed by atoms with Gasteiger partial charge in [0.15, 0.2) is 0 Å². The molecule has 0 spiro atoms. The van der Waals surface area contributed by atoms with Gasteiger partial charge in [0, 0.05) is 44.3 Å². The van der Waals surface area contributed by atoms with Crippen molar-refractivity contribution in [2.75, 3.05) is 6.61 Å². The minimum absolute atomic E-state index is 0.174. The fraction of sp³-hybridized carbons (Fsp3) is 0.462. The fourth-order valence-corrected chi connectivity index (χ4v) is 1.70. The van der Waals surface area contributed by atoms with Crippen molar-refractivity contribution >= 4 is 0 Å². The first kappa shape index (κ1) is 13.6. The van der Waals surface area contributed by atoms with E-state index in [0.29, 0.717) is 19.5 Å². The van der Waals surface area contributed by atoms with Gasteiger partial charge in [-0.25, -0.2) is 0 Å². The van der Waals surface area contributed by atoms with Crippen LogP contribution in [0.4, 0.5) is 0 Å². The summed E-state index contributed by atoms with van der Waals surface area (Å²) in [7, 11) is 0. The van der Waals surface area contributed by atoms with Gasteiger partial charge in [0.25, 0.3) is 0 Å². The van der Waals surface area contributed by atoms with Crippen molar-refractivity contribution in [2.24, 2.45) is 0 Å². The van der Waals surface area contributed by atoms with E-state index in [-0.39, 0.29) is 6.61 Å². The van der Waals surface area contributed by atoms with Crippen molar-refractivity contribution in [2.45, 2.75) is 33.0 Å². The molecule has 102 valence electrons. The lowest BCUT2D eigenvalue weighted by molar-refractivity contribution is 0.276. The Balaban J connectivity index is 1.76. The summed E-state index contributed by atoms with van der Waals surface area (Å²) in [4.78, 5) is 4.25. The molecule has 0 unspecified atom stereocenters. The lowest BCUT2D eigenvalue weighted by Gasteiger charge is -2.02. The largest absolute Gasteiger partial charge is 0.396 e. The van der Waals surface area contributed by atoms with E-state index in [1.165, 1.54) is 0 Å². The van der Waals surface area contributed by atoms with E-state index in [0.717, 1.165) is 23.5 Å². The molecule has 2 rings (SSSR count). The van der Waals surface area contributed by atoms with E-state index in [4.69, 9.17) is 5.11 Å². The van der Waals surface area contributed by atoms with Gasteiger partial charge in [-0.3, -0.25) is 9.67 Å². The van der Waals surface area contributed by atoms with E-state index < -0.39 is 0 Å². The Morgan fingerprint density at radius 1 is 1.32 bits per heavy atom. The Kier molecular flexibility index (Phi) is 5.00.